The summed E-state index contributed by atoms with van der Waals surface area (Å²) >= 11 is 0. The molecular weight excluding hydrogens is 198 g/mol. The second kappa shape index (κ2) is 7.07. The van der Waals surface area contributed by atoms with Gasteiger partial charge in [0.25, 0.3) is 0 Å². The minimum absolute atomic E-state index is 0.329. The topological polar surface area (TPSA) is 32.3 Å². The molecule has 0 aliphatic rings. The number of benzene rings is 1. The summed E-state index contributed by atoms with van der Waals surface area (Å²) in [5.41, 5.74) is 2.36. The molecular formula is C14H21NO. The lowest BCUT2D eigenvalue weighted by Crippen LogP contribution is -2.09. The monoisotopic (exact) mass is 219 g/mol. The van der Waals surface area contributed by atoms with Crippen molar-refractivity contribution in [1.82, 2.24) is 5.32 Å². The highest BCUT2D eigenvalue weighted by atomic mass is 16.3. The first-order valence-electron chi connectivity index (χ1n) is 5.91. The minimum atomic E-state index is 0.329. The van der Waals surface area contributed by atoms with Gasteiger partial charge in [-0.25, -0.2) is 0 Å². The largest absolute Gasteiger partial charge is 0.508 e. The van der Waals surface area contributed by atoms with E-state index in [2.05, 4.69) is 18.3 Å². The van der Waals surface area contributed by atoms with Crippen LogP contribution in [-0.4, -0.2) is 18.7 Å². The molecule has 0 saturated heterocycles. The summed E-state index contributed by atoms with van der Waals surface area (Å²) in [7, 11) is 1.94. The van der Waals surface area contributed by atoms with Gasteiger partial charge in [0.2, 0.25) is 0 Å². The van der Waals surface area contributed by atoms with Crippen LogP contribution >= 0.6 is 0 Å². The maximum Gasteiger partial charge on any atom is 0.116 e. The zero-order valence-corrected chi connectivity index (χ0v) is 10.2. The fourth-order valence-electron chi connectivity index (χ4n) is 1.67. The number of rotatable bonds is 6. The molecule has 0 atom stereocenters. The second-order valence-electron chi connectivity index (χ2n) is 3.95. The van der Waals surface area contributed by atoms with Crippen LogP contribution in [0, 0.1) is 0 Å². The van der Waals surface area contributed by atoms with Gasteiger partial charge in [0, 0.05) is 6.54 Å². The summed E-state index contributed by atoms with van der Waals surface area (Å²) in [4.78, 5) is 0. The zero-order valence-electron chi connectivity index (χ0n) is 10.2. The molecule has 16 heavy (non-hydrogen) atoms. The van der Waals surface area contributed by atoms with Crippen LogP contribution in [-0.2, 0) is 0 Å². The Kier molecular flexibility index (Phi) is 5.65. The SMILES string of the molecule is CCCC/C=C(\CNC)c1cccc(O)c1. The third-order valence-electron chi connectivity index (χ3n) is 2.53. The number of unbranched alkanes of at least 4 members (excludes halogenated alkanes) is 2. The minimum Gasteiger partial charge on any atom is -0.508 e. The van der Waals surface area contributed by atoms with Crippen molar-refractivity contribution in [2.75, 3.05) is 13.6 Å². The summed E-state index contributed by atoms with van der Waals surface area (Å²) in [6, 6.07) is 7.44. The third kappa shape index (κ3) is 4.07. The Labute approximate surface area is 98.0 Å². The summed E-state index contributed by atoms with van der Waals surface area (Å²) in [6.07, 6.45) is 5.79. The van der Waals surface area contributed by atoms with Crippen LogP contribution < -0.4 is 5.32 Å². The second-order valence-corrected chi connectivity index (χ2v) is 3.95. The lowest BCUT2D eigenvalue weighted by molar-refractivity contribution is 0.475. The highest BCUT2D eigenvalue weighted by molar-refractivity contribution is 5.67. The van der Waals surface area contributed by atoms with Crippen molar-refractivity contribution in [3.05, 3.63) is 35.9 Å². The molecule has 0 bridgehead atoms. The summed E-state index contributed by atoms with van der Waals surface area (Å²) in [5.74, 6) is 0.329. The molecule has 0 heterocycles. The van der Waals surface area contributed by atoms with E-state index >= 15 is 0 Å². The van der Waals surface area contributed by atoms with Crippen molar-refractivity contribution >= 4 is 5.57 Å². The predicted octanol–water partition coefficient (Wildman–Crippen LogP) is 3.19. The molecule has 0 spiro atoms. The van der Waals surface area contributed by atoms with E-state index in [4.69, 9.17) is 0 Å². The first-order valence-corrected chi connectivity index (χ1v) is 5.91. The van der Waals surface area contributed by atoms with Gasteiger partial charge in [0.15, 0.2) is 0 Å². The van der Waals surface area contributed by atoms with Crippen LogP contribution in [0.5, 0.6) is 5.75 Å². The molecule has 0 aromatic heterocycles. The van der Waals surface area contributed by atoms with E-state index in [1.165, 1.54) is 18.4 Å². The quantitative estimate of drug-likeness (QED) is 0.720. The maximum atomic E-state index is 9.45. The summed E-state index contributed by atoms with van der Waals surface area (Å²) in [5, 5.41) is 12.6. The molecule has 0 unspecified atom stereocenters. The number of nitrogens with one attached hydrogen (secondary N) is 1. The Morgan fingerprint density at radius 2 is 2.25 bits per heavy atom. The Morgan fingerprint density at radius 3 is 2.88 bits per heavy atom. The molecule has 0 amide bonds. The molecule has 0 aliphatic heterocycles. The molecule has 1 aromatic carbocycles. The van der Waals surface area contributed by atoms with Gasteiger partial charge in [-0.15, -0.1) is 0 Å². The molecule has 1 aromatic rings. The Hall–Kier alpha value is -1.28. The fourth-order valence-corrected chi connectivity index (χ4v) is 1.67. The first-order chi connectivity index (χ1) is 7.77. The normalized spacial score (nSPS) is 11.8. The molecule has 0 saturated carbocycles. The highest BCUT2D eigenvalue weighted by Gasteiger charge is 2.01. The molecule has 0 radical (unpaired) electrons. The molecule has 1 rings (SSSR count). The Bertz CT molecular complexity index is 344. The van der Waals surface area contributed by atoms with Crippen molar-refractivity contribution in [3.63, 3.8) is 0 Å². The van der Waals surface area contributed by atoms with Crippen LogP contribution in [0.3, 0.4) is 0 Å². The Balaban J connectivity index is 2.80. The van der Waals surface area contributed by atoms with Crippen LogP contribution in [0.25, 0.3) is 5.57 Å². The number of aromatic hydroxyl groups is 1. The first kappa shape index (κ1) is 12.8. The van der Waals surface area contributed by atoms with Crippen molar-refractivity contribution in [1.29, 1.82) is 0 Å². The van der Waals surface area contributed by atoms with Gasteiger partial charge < -0.3 is 10.4 Å². The van der Waals surface area contributed by atoms with Crippen LogP contribution in [0.15, 0.2) is 30.3 Å². The standard InChI is InChI=1S/C14H21NO/c1-3-4-5-7-13(11-15-2)12-8-6-9-14(16)10-12/h6-10,15-16H,3-5,11H2,1-2H3/b13-7+. The van der Waals surface area contributed by atoms with Crippen LogP contribution in [0.2, 0.25) is 0 Å². The number of phenols is 1. The van der Waals surface area contributed by atoms with Crippen molar-refractivity contribution < 1.29 is 5.11 Å². The van der Waals surface area contributed by atoms with E-state index in [-0.39, 0.29) is 0 Å². The molecule has 2 N–H and O–H groups in total. The average Bonchev–Trinajstić information content (AvgIpc) is 2.28. The molecule has 0 fully saturated rings. The number of phenolic OH excluding ortho intramolecular Hbond substituents is 1. The van der Waals surface area contributed by atoms with Gasteiger partial charge in [-0.1, -0.05) is 38.0 Å². The fraction of sp³-hybridized carbons (Fsp3) is 0.429. The zero-order chi connectivity index (χ0) is 11.8. The van der Waals surface area contributed by atoms with E-state index in [0.29, 0.717) is 5.75 Å². The van der Waals surface area contributed by atoms with Gasteiger partial charge in [-0.2, -0.15) is 0 Å². The predicted molar refractivity (Wildman–Crippen MR) is 69.5 cm³/mol. The molecule has 0 aliphatic carbocycles. The van der Waals surface area contributed by atoms with E-state index in [0.717, 1.165) is 18.5 Å². The van der Waals surface area contributed by atoms with Crippen molar-refractivity contribution in [3.8, 4) is 5.75 Å². The Morgan fingerprint density at radius 1 is 1.44 bits per heavy atom. The molecule has 2 nitrogen and oxygen atoms in total. The average molecular weight is 219 g/mol. The smallest absolute Gasteiger partial charge is 0.116 e. The summed E-state index contributed by atoms with van der Waals surface area (Å²) in [6.45, 7) is 3.03. The van der Waals surface area contributed by atoms with Crippen LogP contribution in [0.1, 0.15) is 31.7 Å². The highest BCUT2D eigenvalue weighted by Crippen LogP contribution is 2.19. The molecule has 2 heteroatoms. The molecule has 88 valence electrons. The van der Waals surface area contributed by atoms with E-state index in [9.17, 15) is 5.11 Å². The maximum absolute atomic E-state index is 9.45. The van der Waals surface area contributed by atoms with Gasteiger partial charge >= 0.3 is 0 Å². The van der Waals surface area contributed by atoms with E-state index in [1.807, 2.05) is 25.2 Å². The van der Waals surface area contributed by atoms with Crippen molar-refractivity contribution in [2.24, 2.45) is 0 Å². The number of hydrogen-bond acceptors (Lipinski definition) is 2. The number of likely N-dealkylation sites (N-methyl/N-ethyl adjacent to an activating group) is 1. The van der Waals surface area contributed by atoms with Gasteiger partial charge in [0.1, 0.15) is 5.75 Å². The number of allylic oxidation sites excluding steroid dienone is 1. The lowest BCUT2D eigenvalue weighted by Gasteiger charge is -2.08. The van der Waals surface area contributed by atoms with Gasteiger partial charge in [-0.3, -0.25) is 0 Å². The van der Waals surface area contributed by atoms with Crippen molar-refractivity contribution in [2.45, 2.75) is 26.2 Å². The number of hydrogen-bond donors (Lipinski definition) is 2. The lowest BCUT2D eigenvalue weighted by atomic mass is 10.0. The van der Waals surface area contributed by atoms with Gasteiger partial charge in [-0.05, 0) is 36.7 Å². The van der Waals surface area contributed by atoms with Gasteiger partial charge in [0.05, 0.1) is 0 Å². The summed E-state index contributed by atoms with van der Waals surface area (Å²) < 4.78 is 0. The van der Waals surface area contributed by atoms with Crippen LogP contribution in [0.4, 0.5) is 0 Å². The third-order valence-corrected chi connectivity index (χ3v) is 2.53. The van der Waals surface area contributed by atoms with E-state index < -0.39 is 0 Å². The van der Waals surface area contributed by atoms with E-state index in [1.54, 1.807) is 6.07 Å².